The molecular formula is C18H19ClN2O2. The van der Waals surface area contributed by atoms with Crippen LogP contribution in [0.1, 0.15) is 30.5 Å². The van der Waals surface area contributed by atoms with Crippen molar-refractivity contribution < 1.29 is 9.59 Å². The third kappa shape index (κ3) is 5.75. The number of nitrogens with one attached hydrogen (secondary N) is 2. The fourth-order valence-corrected chi connectivity index (χ4v) is 2.37. The van der Waals surface area contributed by atoms with E-state index in [1.807, 2.05) is 42.5 Å². The molecule has 4 nitrogen and oxygen atoms in total. The van der Waals surface area contributed by atoms with Gasteiger partial charge in [0.05, 0.1) is 12.5 Å². The minimum absolute atomic E-state index is 0.123. The monoisotopic (exact) mass is 330 g/mol. The van der Waals surface area contributed by atoms with Crippen molar-refractivity contribution in [1.29, 1.82) is 0 Å². The Morgan fingerprint density at radius 3 is 2.30 bits per heavy atom. The molecule has 0 bridgehead atoms. The number of hydrogen-bond acceptors (Lipinski definition) is 2. The SMILES string of the molecule is CC(=O)NC(CC(=O)NCc1ccc(Cl)cc1)c1ccccc1. The average Bonchev–Trinajstić information content (AvgIpc) is 2.54. The van der Waals surface area contributed by atoms with Crippen LogP contribution in [0.15, 0.2) is 54.6 Å². The van der Waals surface area contributed by atoms with Gasteiger partial charge in [-0.15, -0.1) is 0 Å². The number of halogens is 1. The lowest BCUT2D eigenvalue weighted by molar-refractivity contribution is -0.122. The van der Waals surface area contributed by atoms with Gasteiger partial charge in [0, 0.05) is 18.5 Å². The number of amides is 2. The van der Waals surface area contributed by atoms with E-state index in [-0.39, 0.29) is 24.3 Å². The Morgan fingerprint density at radius 1 is 1.04 bits per heavy atom. The predicted octanol–water partition coefficient (Wildman–Crippen LogP) is 3.22. The first-order valence-electron chi connectivity index (χ1n) is 7.38. The highest BCUT2D eigenvalue weighted by molar-refractivity contribution is 6.30. The van der Waals surface area contributed by atoms with Crippen LogP contribution in [0.2, 0.25) is 5.02 Å². The number of carbonyl (C=O) groups excluding carboxylic acids is 2. The van der Waals surface area contributed by atoms with Gasteiger partial charge in [-0.25, -0.2) is 0 Å². The summed E-state index contributed by atoms with van der Waals surface area (Å²) in [6.45, 7) is 1.87. The highest BCUT2D eigenvalue weighted by Gasteiger charge is 2.16. The van der Waals surface area contributed by atoms with Crippen molar-refractivity contribution in [3.63, 3.8) is 0 Å². The van der Waals surface area contributed by atoms with E-state index in [2.05, 4.69) is 10.6 Å². The predicted molar refractivity (Wildman–Crippen MR) is 90.9 cm³/mol. The molecule has 0 radical (unpaired) electrons. The number of hydrogen-bond donors (Lipinski definition) is 2. The summed E-state index contributed by atoms with van der Waals surface area (Å²) < 4.78 is 0. The van der Waals surface area contributed by atoms with Crippen molar-refractivity contribution in [3.8, 4) is 0 Å². The highest BCUT2D eigenvalue weighted by Crippen LogP contribution is 2.16. The van der Waals surface area contributed by atoms with E-state index in [4.69, 9.17) is 11.6 Å². The van der Waals surface area contributed by atoms with Gasteiger partial charge in [-0.05, 0) is 23.3 Å². The van der Waals surface area contributed by atoms with Crippen LogP contribution in [0, 0.1) is 0 Å². The first kappa shape index (κ1) is 17.0. The number of rotatable bonds is 6. The average molecular weight is 331 g/mol. The Bertz CT molecular complexity index is 656. The zero-order valence-electron chi connectivity index (χ0n) is 12.9. The molecule has 0 aromatic heterocycles. The summed E-state index contributed by atoms with van der Waals surface area (Å²) in [5.74, 6) is -0.285. The summed E-state index contributed by atoms with van der Waals surface area (Å²) in [6.07, 6.45) is 0.192. The van der Waals surface area contributed by atoms with Crippen molar-refractivity contribution in [2.24, 2.45) is 0 Å². The molecule has 0 heterocycles. The van der Waals surface area contributed by atoms with Gasteiger partial charge in [0.2, 0.25) is 11.8 Å². The van der Waals surface area contributed by atoms with Crippen molar-refractivity contribution in [2.75, 3.05) is 0 Å². The molecule has 2 aromatic rings. The minimum Gasteiger partial charge on any atom is -0.352 e. The minimum atomic E-state index is -0.334. The maximum atomic E-state index is 12.2. The van der Waals surface area contributed by atoms with Gasteiger partial charge >= 0.3 is 0 Å². The molecular weight excluding hydrogens is 312 g/mol. The van der Waals surface area contributed by atoms with Crippen molar-refractivity contribution in [1.82, 2.24) is 10.6 Å². The van der Waals surface area contributed by atoms with Gasteiger partial charge in [-0.2, -0.15) is 0 Å². The largest absolute Gasteiger partial charge is 0.352 e. The smallest absolute Gasteiger partial charge is 0.222 e. The zero-order valence-corrected chi connectivity index (χ0v) is 13.6. The molecule has 1 unspecified atom stereocenters. The van der Waals surface area contributed by atoms with E-state index >= 15 is 0 Å². The second-order valence-corrected chi connectivity index (χ2v) is 5.71. The summed E-state index contributed by atoms with van der Waals surface area (Å²) >= 11 is 5.83. The van der Waals surface area contributed by atoms with E-state index in [0.717, 1.165) is 11.1 Å². The van der Waals surface area contributed by atoms with Crippen LogP contribution < -0.4 is 10.6 Å². The van der Waals surface area contributed by atoms with Crippen molar-refractivity contribution in [3.05, 3.63) is 70.7 Å². The van der Waals surface area contributed by atoms with Gasteiger partial charge in [-0.3, -0.25) is 9.59 Å². The van der Waals surface area contributed by atoms with Gasteiger partial charge in [0.25, 0.3) is 0 Å². The van der Waals surface area contributed by atoms with Crippen LogP contribution in [0.5, 0.6) is 0 Å². The van der Waals surface area contributed by atoms with E-state index in [1.54, 1.807) is 12.1 Å². The topological polar surface area (TPSA) is 58.2 Å². The number of carbonyl (C=O) groups is 2. The molecule has 0 aliphatic carbocycles. The standard InChI is InChI=1S/C18H19ClN2O2/c1-13(22)21-17(15-5-3-2-4-6-15)11-18(23)20-12-14-7-9-16(19)10-8-14/h2-10,17H,11-12H2,1H3,(H,20,23)(H,21,22). The lowest BCUT2D eigenvalue weighted by atomic mass is 10.0. The lowest BCUT2D eigenvalue weighted by Gasteiger charge is -2.18. The fraction of sp³-hybridized carbons (Fsp3) is 0.222. The second kappa shape index (κ2) is 8.34. The maximum Gasteiger partial charge on any atom is 0.222 e. The number of benzene rings is 2. The van der Waals surface area contributed by atoms with Gasteiger partial charge in [-0.1, -0.05) is 54.1 Å². The molecule has 0 aliphatic heterocycles. The first-order chi connectivity index (χ1) is 11.0. The Hall–Kier alpha value is -2.33. The normalized spacial score (nSPS) is 11.6. The van der Waals surface area contributed by atoms with Crippen LogP contribution in [-0.2, 0) is 16.1 Å². The van der Waals surface area contributed by atoms with Crippen LogP contribution in [0.25, 0.3) is 0 Å². The molecule has 23 heavy (non-hydrogen) atoms. The zero-order chi connectivity index (χ0) is 16.7. The first-order valence-corrected chi connectivity index (χ1v) is 7.75. The summed E-state index contributed by atoms with van der Waals surface area (Å²) in [7, 11) is 0. The van der Waals surface area contributed by atoms with Crippen LogP contribution >= 0.6 is 11.6 Å². The highest BCUT2D eigenvalue weighted by atomic mass is 35.5. The molecule has 0 spiro atoms. The van der Waals surface area contributed by atoms with Crippen LogP contribution in [-0.4, -0.2) is 11.8 Å². The quantitative estimate of drug-likeness (QED) is 0.854. The fourth-order valence-electron chi connectivity index (χ4n) is 2.24. The van der Waals surface area contributed by atoms with Gasteiger partial charge in [0.15, 0.2) is 0 Å². The molecule has 2 amide bonds. The molecule has 2 N–H and O–H groups in total. The molecule has 0 fully saturated rings. The van der Waals surface area contributed by atoms with Crippen molar-refractivity contribution in [2.45, 2.75) is 25.9 Å². The molecule has 1 atom stereocenters. The Kier molecular flexibility index (Phi) is 6.18. The van der Waals surface area contributed by atoms with Crippen LogP contribution in [0.3, 0.4) is 0 Å². The molecule has 0 aliphatic rings. The molecule has 0 saturated carbocycles. The van der Waals surface area contributed by atoms with Gasteiger partial charge in [0.1, 0.15) is 0 Å². The maximum absolute atomic E-state index is 12.2. The Labute approximate surface area is 140 Å². The van der Waals surface area contributed by atoms with Crippen LogP contribution in [0.4, 0.5) is 0 Å². The van der Waals surface area contributed by atoms with E-state index in [9.17, 15) is 9.59 Å². The van der Waals surface area contributed by atoms with Crippen molar-refractivity contribution >= 4 is 23.4 Å². The summed E-state index contributed by atoms with van der Waals surface area (Å²) in [4.78, 5) is 23.5. The Morgan fingerprint density at radius 2 is 1.70 bits per heavy atom. The van der Waals surface area contributed by atoms with E-state index in [0.29, 0.717) is 11.6 Å². The second-order valence-electron chi connectivity index (χ2n) is 5.27. The summed E-state index contributed by atoms with van der Waals surface area (Å²) in [5.41, 5.74) is 1.88. The molecule has 5 heteroatoms. The molecule has 0 saturated heterocycles. The lowest BCUT2D eigenvalue weighted by Crippen LogP contribution is -2.32. The van der Waals surface area contributed by atoms with E-state index in [1.165, 1.54) is 6.92 Å². The summed E-state index contributed by atoms with van der Waals surface area (Å²) in [6, 6.07) is 16.4. The third-order valence-corrected chi connectivity index (χ3v) is 3.62. The van der Waals surface area contributed by atoms with E-state index < -0.39 is 0 Å². The molecule has 120 valence electrons. The third-order valence-electron chi connectivity index (χ3n) is 3.37. The summed E-state index contributed by atoms with van der Waals surface area (Å²) in [5, 5.41) is 6.34. The Balaban J connectivity index is 1.94. The molecule has 2 rings (SSSR count). The van der Waals surface area contributed by atoms with Gasteiger partial charge < -0.3 is 10.6 Å². The molecule has 2 aromatic carbocycles.